The summed E-state index contributed by atoms with van der Waals surface area (Å²) < 4.78 is 24.5. The van der Waals surface area contributed by atoms with E-state index in [2.05, 4.69) is 10.3 Å². The van der Waals surface area contributed by atoms with E-state index in [4.69, 9.17) is 14.7 Å². The maximum absolute atomic E-state index is 13.3. The summed E-state index contributed by atoms with van der Waals surface area (Å²) in [5.74, 6) is -0.361. The second-order valence-corrected chi connectivity index (χ2v) is 5.97. The summed E-state index contributed by atoms with van der Waals surface area (Å²) in [7, 11) is 0. The monoisotopic (exact) mass is 341 g/mol. The summed E-state index contributed by atoms with van der Waals surface area (Å²) in [6, 6.07) is 12.5. The van der Waals surface area contributed by atoms with E-state index in [1.807, 2.05) is 30.3 Å². The first-order valence-electron chi connectivity index (χ1n) is 8.32. The van der Waals surface area contributed by atoms with Crippen molar-refractivity contribution >= 4 is 5.82 Å². The van der Waals surface area contributed by atoms with Gasteiger partial charge < -0.3 is 14.8 Å². The average Bonchev–Trinajstić information content (AvgIpc) is 3.14. The van der Waals surface area contributed by atoms with Crippen LogP contribution in [-0.4, -0.2) is 24.3 Å². The number of nitriles is 1. The average molecular weight is 341 g/mol. The first-order chi connectivity index (χ1) is 12.2. The van der Waals surface area contributed by atoms with Gasteiger partial charge in [0.05, 0.1) is 24.9 Å². The van der Waals surface area contributed by atoms with Crippen LogP contribution in [0, 0.1) is 17.3 Å². The zero-order valence-corrected chi connectivity index (χ0v) is 13.9. The van der Waals surface area contributed by atoms with Crippen molar-refractivity contribution in [3.8, 4) is 6.07 Å². The van der Waals surface area contributed by atoms with Crippen LogP contribution in [0.1, 0.15) is 29.5 Å². The van der Waals surface area contributed by atoms with Crippen LogP contribution in [0.3, 0.4) is 0 Å². The van der Waals surface area contributed by atoms with Crippen LogP contribution in [0.15, 0.2) is 36.4 Å². The van der Waals surface area contributed by atoms with Crippen molar-refractivity contribution in [2.24, 2.45) is 0 Å². The molecule has 25 heavy (non-hydrogen) atoms. The van der Waals surface area contributed by atoms with Crippen LogP contribution < -0.4 is 5.32 Å². The van der Waals surface area contributed by atoms with E-state index in [9.17, 15) is 4.39 Å². The molecular formula is C19H20FN3O2. The Morgan fingerprint density at radius 2 is 2.20 bits per heavy atom. The summed E-state index contributed by atoms with van der Waals surface area (Å²) >= 11 is 0. The molecule has 5 nitrogen and oxygen atoms in total. The SMILES string of the molecule is N#Cc1ccc(F)nc1NCc1cccc(COCC2CCCO2)c1. The molecule has 0 radical (unpaired) electrons. The highest BCUT2D eigenvalue weighted by Gasteiger charge is 2.15. The molecule has 0 aliphatic carbocycles. The van der Waals surface area contributed by atoms with Crippen molar-refractivity contribution in [3.05, 3.63) is 59.0 Å². The molecule has 1 aromatic carbocycles. The number of pyridine rings is 1. The van der Waals surface area contributed by atoms with Crippen molar-refractivity contribution in [2.75, 3.05) is 18.5 Å². The number of ether oxygens (including phenoxy) is 2. The molecule has 3 rings (SSSR count). The Hall–Kier alpha value is -2.49. The minimum atomic E-state index is -0.613. The minimum Gasteiger partial charge on any atom is -0.376 e. The molecule has 130 valence electrons. The molecular weight excluding hydrogens is 321 g/mol. The van der Waals surface area contributed by atoms with Crippen molar-refractivity contribution < 1.29 is 13.9 Å². The van der Waals surface area contributed by atoms with Crippen LogP contribution in [0.5, 0.6) is 0 Å². The minimum absolute atomic E-state index is 0.216. The molecule has 1 aliphatic rings. The van der Waals surface area contributed by atoms with Crippen molar-refractivity contribution in [1.29, 1.82) is 5.26 Å². The third kappa shape index (κ3) is 4.99. The van der Waals surface area contributed by atoms with Crippen LogP contribution in [0.25, 0.3) is 0 Å². The van der Waals surface area contributed by atoms with Gasteiger partial charge in [0, 0.05) is 13.2 Å². The fourth-order valence-corrected chi connectivity index (χ4v) is 2.76. The molecule has 1 aliphatic heterocycles. The lowest BCUT2D eigenvalue weighted by molar-refractivity contribution is 0.0106. The standard InChI is InChI=1S/C19H20FN3O2/c20-18-7-6-16(10-21)19(23-18)22-11-14-3-1-4-15(9-14)12-24-13-17-5-2-8-25-17/h1,3-4,6-7,9,17H,2,5,8,11-13H2,(H,22,23). The number of nitrogens with zero attached hydrogens (tertiary/aromatic N) is 2. The topological polar surface area (TPSA) is 67.2 Å². The van der Waals surface area contributed by atoms with Crippen LogP contribution >= 0.6 is 0 Å². The van der Waals surface area contributed by atoms with Gasteiger partial charge in [-0.1, -0.05) is 24.3 Å². The van der Waals surface area contributed by atoms with E-state index in [1.165, 1.54) is 12.1 Å². The Kier molecular flexibility index (Phi) is 5.94. The Morgan fingerprint density at radius 1 is 1.32 bits per heavy atom. The highest BCUT2D eigenvalue weighted by atomic mass is 19.1. The molecule has 0 spiro atoms. The summed E-state index contributed by atoms with van der Waals surface area (Å²) in [6.07, 6.45) is 2.38. The van der Waals surface area contributed by atoms with Gasteiger partial charge in [0.1, 0.15) is 11.9 Å². The molecule has 1 N–H and O–H groups in total. The highest BCUT2D eigenvalue weighted by Crippen LogP contribution is 2.15. The number of aromatic nitrogens is 1. The summed E-state index contributed by atoms with van der Waals surface area (Å²) in [5, 5.41) is 12.1. The van der Waals surface area contributed by atoms with Gasteiger partial charge in [0.2, 0.25) is 5.95 Å². The van der Waals surface area contributed by atoms with Crippen LogP contribution in [0.4, 0.5) is 10.2 Å². The van der Waals surface area contributed by atoms with Gasteiger partial charge in [-0.15, -0.1) is 0 Å². The fraction of sp³-hybridized carbons (Fsp3) is 0.368. The molecule has 1 atom stereocenters. The Labute approximate surface area is 146 Å². The van der Waals surface area contributed by atoms with Gasteiger partial charge in [-0.2, -0.15) is 9.65 Å². The Balaban J connectivity index is 1.54. The highest BCUT2D eigenvalue weighted by molar-refractivity contribution is 5.51. The third-order valence-electron chi connectivity index (χ3n) is 4.03. The van der Waals surface area contributed by atoms with Crippen LogP contribution in [-0.2, 0) is 22.6 Å². The number of benzene rings is 1. The van der Waals surface area contributed by atoms with Crippen LogP contribution in [0.2, 0.25) is 0 Å². The molecule has 0 bridgehead atoms. The van der Waals surface area contributed by atoms with E-state index >= 15 is 0 Å². The van der Waals surface area contributed by atoms with Gasteiger partial charge in [0.15, 0.2) is 0 Å². The molecule has 0 amide bonds. The van der Waals surface area contributed by atoms with Gasteiger partial charge in [0.25, 0.3) is 0 Å². The zero-order valence-electron chi connectivity index (χ0n) is 13.9. The number of halogens is 1. The summed E-state index contributed by atoms with van der Waals surface area (Å²) in [4.78, 5) is 3.74. The quantitative estimate of drug-likeness (QED) is 0.782. The molecule has 0 saturated carbocycles. The maximum atomic E-state index is 13.3. The molecule has 1 aromatic heterocycles. The number of anilines is 1. The molecule has 1 unspecified atom stereocenters. The number of hydrogen-bond acceptors (Lipinski definition) is 5. The van der Waals surface area contributed by atoms with E-state index in [1.54, 1.807) is 0 Å². The van der Waals surface area contributed by atoms with Gasteiger partial charge in [-0.25, -0.2) is 4.98 Å². The van der Waals surface area contributed by atoms with E-state index < -0.39 is 5.95 Å². The number of nitrogens with one attached hydrogen (secondary N) is 1. The van der Waals surface area contributed by atoms with Gasteiger partial charge in [-0.3, -0.25) is 0 Å². The molecule has 2 heterocycles. The maximum Gasteiger partial charge on any atom is 0.214 e. The van der Waals surface area contributed by atoms with Crippen molar-refractivity contribution in [1.82, 2.24) is 4.98 Å². The second kappa shape index (κ2) is 8.56. The predicted molar refractivity (Wildman–Crippen MR) is 91.3 cm³/mol. The van der Waals surface area contributed by atoms with Gasteiger partial charge >= 0.3 is 0 Å². The van der Waals surface area contributed by atoms with Gasteiger partial charge in [-0.05, 0) is 36.1 Å². The lowest BCUT2D eigenvalue weighted by Gasteiger charge is -2.11. The van der Waals surface area contributed by atoms with Crippen molar-refractivity contribution in [3.63, 3.8) is 0 Å². The first kappa shape index (κ1) is 17.3. The smallest absolute Gasteiger partial charge is 0.214 e. The van der Waals surface area contributed by atoms with Crippen molar-refractivity contribution in [2.45, 2.75) is 32.1 Å². The molecule has 2 aromatic rings. The number of rotatable bonds is 7. The second-order valence-electron chi connectivity index (χ2n) is 5.97. The Bertz CT molecular complexity index is 755. The molecule has 6 heteroatoms. The largest absolute Gasteiger partial charge is 0.376 e. The van der Waals surface area contributed by atoms with E-state index in [-0.39, 0.29) is 11.9 Å². The number of hydrogen-bond donors (Lipinski definition) is 1. The normalized spacial score (nSPS) is 16.6. The Morgan fingerprint density at radius 3 is 3.00 bits per heavy atom. The first-order valence-corrected chi connectivity index (χ1v) is 8.32. The zero-order chi connectivity index (χ0) is 17.5. The lowest BCUT2D eigenvalue weighted by Crippen LogP contribution is -2.13. The molecule has 1 saturated heterocycles. The third-order valence-corrected chi connectivity index (χ3v) is 4.03. The predicted octanol–water partition coefficient (Wildman–Crippen LogP) is 3.40. The fourth-order valence-electron chi connectivity index (χ4n) is 2.76. The van der Waals surface area contributed by atoms with E-state index in [0.29, 0.717) is 25.3 Å². The summed E-state index contributed by atoms with van der Waals surface area (Å²) in [5.41, 5.74) is 2.38. The molecule has 1 fully saturated rings. The lowest BCUT2D eigenvalue weighted by atomic mass is 10.1. The summed E-state index contributed by atoms with van der Waals surface area (Å²) in [6.45, 7) is 2.41. The van der Waals surface area contributed by atoms with E-state index in [0.717, 1.165) is 30.6 Å².